The molecule has 1 fully saturated rings. The molecule has 1 saturated heterocycles. The Hall–Kier alpha value is -2.65. The van der Waals surface area contributed by atoms with Crippen LogP contribution in [0.25, 0.3) is 11.0 Å². The molecule has 0 radical (unpaired) electrons. The summed E-state index contributed by atoms with van der Waals surface area (Å²) in [5.74, 6) is 1.68. The number of anilines is 3. The molecule has 1 aromatic carbocycles. The van der Waals surface area contributed by atoms with Crippen molar-refractivity contribution < 1.29 is 0 Å². The van der Waals surface area contributed by atoms with Crippen LogP contribution in [0.5, 0.6) is 0 Å². The predicted octanol–water partition coefficient (Wildman–Crippen LogP) is 5.18. The quantitative estimate of drug-likeness (QED) is 0.669. The minimum atomic E-state index is 0.774. The van der Waals surface area contributed by atoms with Crippen molar-refractivity contribution in [3.8, 4) is 6.07 Å². The molecule has 0 amide bonds. The van der Waals surface area contributed by atoms with Crippen LogP contribution >= 0.6 is 11.3 Å². The Balaban J connectivity index is 1.60. The number of fused-ring (bicyclic) bond motifs is 2. The van der Waals surface area contributed by atoms with Crippen LogP contribution in [-0.4, -0.2) is 23.1 Å². The molecule has 28 heavy (non-hydrogen) atoms. The van der Waals surface area contributed by atoms with Crippen LogP contribution < -0.4 is 10.2 Å². The number of aromatic nitrogens is 2. The van der Waals surface area contributed by atoms with E-state index < -0.39 is 0 Å². The third-order valence-corrected chi connectivity index (χ3v) is 6.93. The van der Waals surface area contributed by atoms with Crippen LogP contribution in [0.1, 0.15) is 48.1 Å². The van der Waals surface area contributed by atoms with Gasteiger partial charge in [-0.1, -0.05) is 12.1 Å². The zero-order chi connectivity index (χ0) is 18.9. The second-order valence-electron chi connectivity index (χ2n) is 7.58. The molecular weight excluding hydrogens is 366 g/mol. The van der Waals surface area contributed by atoms with Crippen molar-refractivity contribution >= 4 is 39.0 Å². The van der Waals surface area contributed by atoms with Gasteiger partial charge in [0, 0.05) is 18.0 Å². The van der Waals surface area contributed by atoms with Gasteiger partial charge in [0.15, 0.2) is 11.6 Å². The van der Waals surface area contributed by atoms with E-state index in [4.69, 9.17) is 9.97 Å². The van der Waals surface area contributed by atoms with Crippen LogP contribution in [0, 0.1) is 11.3 Å². The highest BCUT2D eigenvalue weighted by Gasteiger charge is 2.24. The highest BCUT2D eigenvalue weighted by atomic mass is 32.1. The van der Waals surface area contributed by atoms with Crippen LogP contribution in [-0.2, 0) is 12.8 Å². The van der Waals surface area contributed by atoms with Gasteiger partial charge in [-0.05, 0) is 62.6 Å². The van der Waals surface area contributed by atoms with Crippen molar-refractivity contribution in [1.82, 2.24) is 9.97 Å². The number of piperidine rings is 1. The Kier molecular flexibility index (Phi) is 4.61. The number of nitrogens with one attached hydrogen (secondary N) is 1. The van der Waals surface area contributed by atoms with E-state index in [1.807, 2.05) is 24.3 Å². The molecule has 6 heteroatoms. The van der Waals surface area contributed by atoms with Crippen molar-refractivity contribution in [3.63, 3.8) is 0 Å². The molecule has 0 bridgehead atoms. The van der Waals surface area contributed by atoms with Gasteiger partial charge in [0.2, 0.25) is 0 Å². The average molecular weight is 390 g/mol. The maximum Gasteiger partial charge on any atom is 0.175 e. The smallest absolute Gasteiger partial charge is 0.175 e. The summed E-state index contributed by atoms with van der Waals surface area (Å²) >= 11 is 1.72. The molecule has 1 aliphatic heterocycles. The topological polar surface area (TPSA) is 64.8 Å². The van der Waals surface area contributed by atoms with Crippen molar-refractivity contribution in [2.45, 2.75) is 44.9 Å². The Bertz CT molecular complexity index is 1060. The van der Waals surface area contributed by atoms with E-state index in [-0.39, 0.29) is 0 Å². The van der Waals surface area contributed by atoms with Crippen molar-refractivity contribution in [1.29, 1.82) is 5.26 Å². The van der Waals surface area contributed by atoms with E-state index in [9.17, 15) is 5.26 Å². The highest BCUT2D eigenvalue weighted by molar-refractivity contribution is 7.16. The lowest BCUT2D eigenvalue weighted by Gasteiger charge is -2.29. The minimum absolute atomic E-state index is 0.774. The molecule has 0 saturated carbocycles. The monoisotopic (exact) mass is 389 g/mol. The lowest BCUT2D eigenvalue weighted by molar-refractivity contribution is 0.574. The van der Waals surface area contributed by atoms with E-state index in [0.29, 0.717) is 0 Å². The zero-order valence-electron chi connectivity index (χ0n) is 15.9. The summed E-state index contributed by atoms with van der Waals surface area (Å²) in [5.41, 5.74) is 3.85. The lowest BCUT2D eigenvalue weighted by Crippen LogP contribution is -2.31. The number of aryl methyl sites for hydroxylation is 1. The maximum absolute atomic E-state index is 9.80. The molecule has 0 atom stereocenters. The fourth-order valence-electron chi connectivity index (χ4n) is 4.28. The summed E-state index contributed by atoms with van der Waals surface area (Å²) < 4.78 is 0. The van der Waals surface area contributed by atoms with Gasteiger partial charge in [-0.3, -0.25) is 0 Å². The van der Waals surface area contributed by atoms with E-state index in [0.717, 1.165) is 59.2 Å². The SMILES string of the molecule is N#Cc1c(Nc2nc3ccccc3nc2N2CCCCC2)sc2c1CCCC2. The zero-order valence-corrected chi connectivity index (χ0v) is 16.7. The second-order valence-corrected chi connectivity index (χ2v) is 8.69. The summed E-state index contributed by atoms with van der Waals surface area (Å²) in [5, 5.41) is 14.2. The fourth-order valence-corrected chi connectivity index (χ4v) is 5.52. The largest absolute Gasteiger partial charge is 0.354 e. The molecule has 142 valence electrons. The standard InChI is InChI=1S/C22H23N5S/c23-14-16-15-8-2-5-11-19(15)28-22(16)26-20-21(27-12-6-1-7-13-27)25-18-10-4-3-9-17(18)24-20/h3-4,9-10H,1-2,5-8,11-13H2,(H,24,26). The molecule has 2 aromatic heterocycles. The molecule has 0 spiro atoms. The minimum Gasteiger partial charge on any atom is -0.354 e. The summed E-state index contributed by atoms with van der Waals surface area (Å²) in [6.45, 7) is 2.02. The summed E-state index contributed by atoms with van der Waals surface area (Å²) in [6.07, 6.45) is 8.13. The average Bonchev–Trinajstić information content (AvgIpc) is 3.11. The molecule has 0 unspecified atom stereocenters. The summed E-state index contributed by atoms with van der Waals surface area (Å²) in [4.78, 5) is 13.6. The number of nitrogens with zero attached hydrogens (tertiary/aromatic N) is 4. The number of benzene rings is 1. The predicted molar refractivity (Wildman–Crippen MR) is 115 cm³/mol. The molecule has 5 nitrogen and oxygen atoms in total. The second kappa shape index (κ2) is 7.40. The van der Waals surface area contributed by atoms with Gasteiger partial charge in [0.1, 0.15) is 11.1 Å². The molecular formula is C22H23N5S. The molecule has 3 aromatic rings. The van der Waals surface area contributed by atoms with E-state index >= 15 is 0 Å². The highest BCUT2D eigenvalue weighted by Crippen LogP contribution is 2.40. The van der Waals surface area contributed by atoms with E-state index in [1.165, 1.54) is 42.5 Å². The number of rotatable bonds is 3. The first kappa shape index (κ1) is 17.4. The van der Waals surface area contributed by atoms with Crippen molar-refractivity contribution in [2.24, 2.45) is 0 Å². The molecule has 3 heterocycles. The summed E-state index contributed by atoms with van der Waals surface area (Å²) in [6, 6.07) is 10.5. The molecule has 1 N–H and O–H groups in total. The van der Waals surface area contributed by atoms with Gasteiger partial charge in [-0.25, -0.2) is 9.97 Å². The van der Waals surface area contributed by atoms with E-state index in [1.54, 1.807) is 11.3 Å². The first-order valence-electron chi connectivity index (χ1n) is 10.2. The van der Waals surface area contributed by atoms with Crippen molar-refractivity contribution in [3.05, 3.63) is 40.3 Å². The number of para-hydroxylation sites is 2. The molecule has 5 rings (SSSR count). The van der Waals surface area contributed by atoms with Crippen LogP contribution in [0.3, 0.4) is 0 Å². The first-order chi connectivity index (χ1) is 13.8. The Morgan fingerprint density at radius 3 is 2.50 bits per heavy atom. The number of hydrogen-bond acceptors (Lipinski definition) is 6. The first-order valence-corrected chi connectivity index (χ1v) is 11.0. The Labute approximate surface area is 169 Å². The number of thiophene rings is 1. The van der Waals surface area contributed by atoms with Crippen molar-refractivity contribution in [2.75, 3.05) is 23.3 Å². The van der Waals surface area contributed by atoms with Gasteiger partial charge in [0.25, 0.3) is 0 Å². The summed E-state index contributed by atoms with van der Waals surface area (Å²) in [7, 11) is 0. The van der Waals surface area contributed by atoms with Gasteiger partial charge in [-0.2, -0.15) is 5.26 Å². The lowest BCUT2D eigenvalue weighted by atomic mass is 9.96. The third kappa shape index (κ3) is 3.10. The Morgan fingerprint density at radius 1 is 0.964 bits per heavy atom. The number of nitriles is 1. The molecule has 1 aliphatic carbocycles. The number of hydrogen-bond donors (Lipinski definition) is 1. The van der Waals surface area contributed by atoms with Gasteiger partial charge >= 0.3 is 0 Å². The van der Waals surface area contributed by atoms with Crippen LogP contribution in [0.15, 0.2) is 24.3 Å². The van der Waals surface area contributed by atoms with Gasteiger partial charge in [-0.15, -0.1) is 11.3 Å². The van der Waals surface area contributed by atoms with Crippen LogP contribution in [0.4, 0.5) is 16.6 Å². The fraction of sp³-hybridized carbons (Fsp3) is 0.409. The van der Waals surface area contributed by atoms with Gasteiger partial charge < -0.3 is 10.2 Å². The third-order valence-electron chi connectivity index (χ3n) is 5.72. The van der Waals surface area contributed by atoms with Crippen LogP contribution in [0.2, 0.25) is 0 Å². The Morgan fingerprint density at radius 2 is 1.71 bits per heavy atom. The van der Waals surface area contributed by atoms with E-state index in [2.05, 4.69) is 16.3 Å². The normalized spacial score (nSPS) is 16.6. The maximum atomic E-state index is 9.80. The van der Waals surface area contributed by atoms with Gasteiger partial charge in [0.05, 0.1) is 16.6 Å². The molecule has 2 aliphatic rings.